The molecule has 0 saturated heterocycles. The summed E-state index contributed by atoms with van der Waals surface area (Å²) < 4.78 is 2.35. The third-order valence-electron chi connectivity index (χ3n) is 7.50. The highest BCUT2D eigenvalue weighted by Crippen LogP contribution is 2.19. The van der Waals surface area contributed by atoms with E-state index < -0.39 is 0 Å². The van der Waals surface area contributed by atoms with Gasteiger partial charge in [-0.2, -0.15) is 0 Å². The number of nitrogens with zero attached hydrogens (tertiary/aromatic N) is 3. The summed E-state index contributed by atoms with van der Waals surface area (Å²) in [6, 6.07) is 13.8. The third kappa shape index (κ3) is 11.0. The van der Waals surface area contributed by atoms with Crippen molar-refractivity contribution in [1.29, 1.82) is 0 Å². The second-order valence-corrected chi connectivity index (χ2v) is 10.7. The van der Waals surface area contributed by atoms with Gasteiger partial charge in [-0.25, -0.2) is 4.98 Å². The molecule has 0 aliphatic rings. The number of fused-ring (bicyclic) bond motifs is 1. The number of nitrogens with one attached hydrogen (secondary N) is 1. The number of unbranched alkanes of at least 4 members (excludes halogenated alkanes) is 15. The molecule has 1 aromatic carbocycles. The van der Waals surface area contributed by atoms with Gasteiger partial charge in [-0.05, 0) is 30.7 Å². The van der Waals surface area contributed by atoms with Gasteiger partial charge in [0.25, 0.3) is 5.91 Å². The van der Waals surface area contributed by atoms with Crippen LogP contribution < -0.4 is 5.32 Å². The molecule has 0 spiro atoms. The Labute approximate surface area is 230 Å². The van der Waals surface area contributed by atoms with Crippen molar-refractivity contribution in [3.8, 4) is 0 Å². The number of benzene rings is 1. The first kappa shape index (κ1) is 29.9. The van der Waals surface area contributed by atoms with Gasteiger partial charge in [-0.15, -0.1) is 0 Å². The molecule has 208 valence electrons. The van der Waals surface area contributed by atoms with Crippen LogP contribution in [-0.2, 0) is 13.0 Å². The van der Waals surface area contributed by atoms with E-state index in [-0.39, 0.29) is 5.91 Å². The van der Waals surface area contributed by atoms with E-state index in [1.54, 1.807) is 12.3 Å². The predicted molar refractivity (Wildman–Crippen MR) is 160 cm³/mol. The summed E-state index contributed by atoms with van der Waals surface area (Å²) in [6.45, 7) is 3.83. The molecule has 2 heterocycles. The van der Waals surface area contributed by atoms with Gasteiger partial charge in [0.2, 0.25) is 0 Å². The first-order valence-corrected chi connectivity index (χ1v) is 15.4. The van der Waals surface area contributed by atoms with E-state index in [0.29, 0.717) is 18.7 Å². The number of aromatic nitrogens is 3. The van der Waals surface area contributed by atoms with Gasteiger partial charge < -0.3 is 9.88 Å². The summed E-state index contributed by atoms with van der Waals surface area (Å²) in [5, 5.41) is 2.99. The number of aryl methyl sites for hydroxylation is 1. The molecule has 0 saturated carbocycles. The molecule has 0 bridgehead atoms. The maximum atomic E-state index is 12.3. The summed E-state index contributed by atoms with van der Waals surface area (Å²) in [6.07, 6.45) is 24.5. The molecule has 0 fully saturated rings. The van der Waals surface area contributed by atoms with Gasteiger partial charge >= 0.3 is 0 Å². The van der Waals surface area contributed by atoms with E-state index in [4.69, 9.17) is 4.98 Å². The summed E-state index contributed by atoms with van der Waals surface area (Å²) in [7, 11) is 0. The zero-order valence-corrected chi connectivity index (χ0v) is 23.8. The van der Waals surface area contributed by atoms with E-state index in [1.165, 1.54) is 108 Å². The predicted octanol–water partition coefficient (Wildman–Crippen LogP) is 8.67. The molecule has 2 aromatic heterocycles. The van der Waals surface area contributed by atoms with Crippen molar-refractivity contribution >= 4 is 16.9 Å². The van der Waals surface area contributed by atoms with Gasteiger partial charge in [0, 0.05) is 25.7 Å². The Hall–Kier alpha value is -2.69. The smallest absolute Gasteiger partial charge is 0.269 e. The van der Waals surface area contributed by atoms with Crippen molar-refractivity contribution in [2.45, 2.75) is 123 Å². The normalized spacial score (nSPS) is 11.3. The Kier molecular flexibility index (Phi) is 14.6. The summed E-state index contributed by atoms with van der Waals surface area (Å²) in [5.74, 6) is 0.916. The molecule has 3 rings (SSSR count). The van der Waals surface area contributed by atoms with Crippen LogP contribution in [0.3, 0.4) is 0 Å². The minimum Gasteiger partial charge on any atom is -0.350 e. The number of carbonyl (C=O) groups excluding carboxylic acids is 1. The summed E-state index contributed by atoms with van der Waals surface area (Å²) in [4.78, 5) is 21.3. The lowest BCUT2D eigenvalue weighted by atomic mass is 10.0. The molecular formula is C33H50N4O. The molecule has 0 unspecified atom stereocenters. The lowest BCUT2D eigenvalue weighted by Gasteiger charge is -2.10. The van der Waals surface area contributed by atoms with Crippen molar-refractivity contribution in [3.63, 3.8) is 0 Å². The molecule has 38 heavy (non-hydrogen) atoms. The lowest BCUT2D eigenvalue weighted by molar-refractivity contribution is 0.0949. The minimum atomic E-state index is -0.133. The van der Waals surface area contributed by atoms with Crippen LogP contribution in [0.2, 0.25) is 0 Å². The largest absolute Gasteiger partial charge is 0.350 e. The van der Waals surface area contributed by atoms with Crippen molar-refractivity contribution in [3.05, 3.63) is 60.2 Å². The number of para-hydroxylation sites is 2. The molecule has 0 atom stereocenters. The molecule has 0 aliphatic carbocycles. The fraction of sp³-hybridized carbons (Fsp3) is 0.606. The van der Waals surface area contributed by atoms with Crippen molar-refractivity contribution in [2.24, 2.45) is 0 Å². The van der Waals surface area contributed by atoms with Crippen LogP contribution in [0.1, 0.15) is 126 Å². The molecule has 0 aliphatic heterocycles. The van der Waals surface area contributed by atoms with Gasteiger partial charge in [0.15, 0.2) is 0 Å². The molecule has 5 heteroatoms. The van der Waals surface area contributed by atoms with Crippen LogP contribution in [-0.4, -0.2) is 27.0 Å². The quantitative estimate of drug-likeness (QED) is 0.144. The second kappa shape index (κ2) is 18.5. The van der Waals surface area contributed by atoms with Crippen LogP contribution in [0, 0.1) is 0 Å². The fourth-order valence-electron chi connectivity index (χ4n) is 5.26. The molecule has 1 N–H and O–H groups in total. The van der Waals surface area contributed by atoms with Gasteiger partial charge in [-0.1, -0.05) is 121 Å². The Balaban J connectivity index is 1.27. The van der Waals surface area contributed by atoms with Crippen LogP contribution in [0.15, 0.2) is 48.7 Å². The molecule has 1 amide bonds. The van der Waals surface area contributed by atoms with Crippen LogP contribution >= 0.6 is 0 Å². The summed E-state index contributed by atoms with van der Waals surface area (Å²) >= 11 is 0. The van der Waals surface area contributed by atoms with E-state index in [1.807, 2.05) is 18.2 Å². The zero-order valence-electron chi connectivity index (χ0n) is 23.8. The van der Waals surface area contributed by atoms with E-state index in [0.717, 1.165) is 17.9 Å². The molecule has 5 nitrogen and oxygen atoms in total. The topological polar surface area (TPSA) is 59.8 Å². The molecule has 0 radical (unpaired) electrons. The van der Waals surface area contributed by atoms with E-state index in [9.17, 15) is 4.79 Å². The fourth-order valence-corrected chi connectivity index (χ4v) is 5.26. The lowest BCUT2D eigenvalue weighted by Crippen LogP contribution is -2.27. The number of pyridine rings is 1. The number of imidazole rings is 1. The van der Waals surface area contributed by atoms with Crippen molar-refractivity contribution in [2.75, 3.05) is 6.54 Å². The highest BCUT2D eigenvalue weighted by Gasteiger charge is 2.11. The molecule has 3 aromatic rings. The number of carbonyl (C=O) groups is 1. The average molecular weight is 519 g/mol. The van der Waals surface area contributed by atoms with Gasteiger partial charge in [0.05, 0.1) is 11.0 Å². The minimum absolute atomic E-state index is 0.133. The SMILES string of the molecule is CCCCCCCCCCCCCCCCCCn1c(CCNC(=O)c2ccccn2)nc2ccccc21. The maximum absolute atomic E-state index is 12.3. The van der Waals surface area contributed by atoms with Crippen LogP contribution in [0.4, 0.5) is 0 Å². The second-order valence-electron chi connectivity index (χ2n) is 10.7. The van der Waals surface area contributed by atoms with Gasteiger partial charge in [-0.3, -0.25) is 9.78 Å². The molecular weight excluding hydrogens is 468 g/mol. The monoisotopic (exact) mass is 518 g/mol. The van der Waals surface area contributed by atoms with Gasteiger partial charge in [0.1, 0.15) is 11.5 Å². The number of hydrogen-bond donors (Lipinski definition) is 1. The number of hydrogen-bond acceptors (Lipinski definition) is 3. The Morgan fingerprint density at radius 2 is 1.32 bits per heavy atom. The summed E-state index contributed by atoms with van der Waals surface area (Å²) in [5.41, 5.74) is 2.68. The zero-order chi connectivity index (χ0) is 26.7. The third-order valence-corrected chi connectivity index (χ3v) is 7.50. The first-order valence-electron chi connectivity index (χ1n) is 15.4. The Morgan fingerprint density at radius 3 is 1.92 bits per heavy atom. The average Bonchev–Trinajstić information content (AvgIpc) is 3.30. The van der Waals surface area contributed by atoms with Crippen molar-refractivity contribution in [1.82, 2.24) is 19.9 Å². The highest BCUT2D eigenvalue weighted by atomic mass is 16.1. The number of amides is 1. The maximum Gasteiger partial charge on any atom is 0.269 e. The Bertz CT molecular complexity index is 1030. The Morgan fingerprint density at radius 1 is 0.737 bits per heavy atom. The van der Waals surface area contributed by atoms with Crippen molar-refractivity contribution < 1.29 is 4.79 Å². The van der Waals surface area contributed by atoms with Crippen LogP contribution in [0.5, 0.6) is 0 Å². The number of rotatable bonds is 21. The standard InChI is InChI=1S/C33H50N4O/c1-2-3-4-5-6-7-8-9-10-11-12-13-14-15-16-21-28-37-31-24-18-17-22-29(31)36-32(37)25-27-35-33(38)30-23-19-20-26-34-30/h17-20,22-24,26H,2-16,21,25,27-28H2,1H3,(H,35,38). The van der Waals surface area contributed by atoms with Crippen LogP contribution in [0.25, 0.3) is 11.0 Å². The highest BCUT2D eigenvalue weighted by molar-refractivity contribution is 5.92. The first-order chi connectivity index (χ1) is 18.8. The van der Waals surface area contributed by atoms with E-state index in [2.05, 4.69) is 40.0 Å². The van der Waals surface area contributed by atoms with E-state index >= 15 is 0 Å².